The molecule has 134 valence electrons. The Labute approximate surface area is 145 Å². The maximum atomic E-state index is 13.3. The van der Waals surface area contributed by atoms with E-state index in [1.54, 1.807) is 0 Å². The van der Waals surface area contributed by atoms with Crippen molar-refractivity contribution in [1.82, 2.24) is 0 Å². The first-order valence-electron chi connectivity index (χ1n) is 10.0. The van der Waals surface area contributed by atoms with Gasteiger partial charge < -0.3 is 5.11 Å². The predicted molar refractivity (Wildman–Crippen MR) is 92.3 cm³/mol. The van der Waals surface area contributed by atoms with Crippen molar-refractivity contribution in [2.45, 2.75) is 78.2 Å². The summed E-state index contributed by atoms with van der Waals surface area (Å²) in [6.45, 7) is 6.77. The van der Waals surface area contributed by atoms with Crippen LogP contribution in [-0.4, -0.2) is 22.8 Å². The molecule has 4 rings (SSSR count). The molecule has 24 heavy (non-hydrogen) atoms. The summed E-state index contributed by atoms with van der Waals surface area (Å²) in [4.78, 5) is 26.4. The molecule has 0 heterocycles. The first-order valence-corrected chi connectivity index (χ1v) is 10.0. The minimum Gasteiger partial charge on any atom is -0.393 e. The lowest BCUT2D eigenvalue weighted by Gasteiger charge is -2.59. The number of fused-ring (bicyclic) bond motifs is 5. The number of ketones is 2. The Kier molecular flexibility index (Phi) is 3.77. The largest absolute Gasteiger partial charge is 0.393 e. The number of carbonyl (C=O) groups is 2. The number of rotatable bonds is 1. The summed E-state index contributed by atoms with van der Waals surface area (Å²) in [6, 6.07) is 0. The molecule has 0 aromatic carbocycles. The van der Waals surface area contributed by atoms with Crippen LogP contribution in [0.1, 0.15) is 72.1 Å². The number of hydrogen-bond donors (Lipinski definition) is 1. The van der Waals surface area contributed by atoms with E-state index in [2.05, 4.69) is 20.8 Å². The summed E-state index contributed by atoms with van der Waals surface area (Å²) in [5, 5.41) is 10.1. The van der Waals surface area contributed by atoms with Crippen molar-refractivity contribution in [1.29, 1.82) is 0 Å². The number of hydrogen-bond acceptors (Lipinski definition) is 3. The lowest BCUT2D eigenvalue weighted by atomic mass is 9.44. The van der Waals surface area contributed by atoms with Crippen LogP contribution in [0.5, 0.6) is 0 Å². The highest BCUT2D eigenvalue weighted by molar-refractivity contribution is 5.94. The number of aliphatic hydroxyl groups excluding tert-OH is 1. The van der Waals surface area contributed by atoms with Gasteiger partial charge in [-0.15, -0.1) is 0 Å². The summed E-state index contributed by atoms with van der Waals surface area (Å²) in [5.41, 5.74) is -0.0272. The first kappa shape index (κ1) is 16.8. The van der Waals surface area contributed by atoms with Crippen LogP contribution >= 0.6 is 0 Å². The summed E-state index contributed by atoms with van der Waals surface area (Å²) in [5.74, 6) is 1.77. The summed E-state index contributed by atoms with van der Waals surface area (Å²) in [7, 11) is 0. The Balaban J connectivity index is 1.74. The second-order valence-corrected chi connectivity index (χ2v) is 9.74. The molecule has 4 fully saturated rings. The van der Waals surface area contributed by atoms with Gasteiger partial charge in [0.1, 0.15) is 11.6 Å². The molecule has 0 spiro atoms. The smallest absolute Gasteiger partial charge is 0.137 e. The molecular formula is C21H32O3. The third-order valence-corrected chi connectivity index (χ3v) is 8.83. The molecule has 0 saturated heterocycles. The van der Waals surface area contributed by atoms with Gasteiger partial charge in [-0.1, -0.05) is 27.2 Å². The van der Waals surface area contributed by atoms with Gasteiger partial charge in [-0.3, -0.25) is 9.59 Å². The van der Waals surface area contributed by atoms with Gasteiger partial charge in [0.25, 0.3) is 0 Å². The fraction of sp³-hybridized carbons (Fsp3) is 0.905. The third-order valence-electron chi connectivity index (χ3n) is 8.83. The Hall–Kier alpha value is -0.700. The Morgan fingerprint density at radius 1 is 1.08 bits per heavy atom. The van der Waals surface area contributed by atoms with Crippen molar-refractivity contribution in [3.05, 3.63) is 0 Å². The highest BCUT2D eigenvalue weighted by atomic mass is 16.3. The molecule has 3 nitrogen and oxygen atoms in total. The van der Waals surface area contributed by atoms with Gasteiger partial charge in [0, 0.05) is 24.7 Å². The van der Waals surface area contributed by atoms with E-state index in [0.717, 1.165) is 25.7 Å². The van der Waals surface area contributed by atoms with Crippen molar-refractivity contribution in [2.75, 3.05) is 0 Å². The molecule has 0 amide bonds. The Morgan fingerprint density at radius 3 is 2.54 bits per heavy atom. The molecular weight excluding hydrogens is 300 g/mol. The molecule has 0 aromatic heterocycles. The minimum absolute atomic E-state index is 0.0377. The monoisotopic (exact) mass is 332 g/mol. The van der Waals surface area contributed by atoms with Crippen LogP contribution in [0.3, 0.4) is 0 Å². The van der Waals surface area contributed by atoms with Crippen LogP contribution in [0.25, 0.3) is 0 Å². The summed E-state index contributed by atoms with van der Waals surface area (Å²) < 4.78 is 0. The lowest BCUT2D eigenvalue weighted by molar-refractivity contribution is -0.170. The highest BCUT2D eigenvalue weighted by Crippen LogP contribution is 2.65. The predicted octanol–water partition coefficient (Wildman–Crippen LogP) is 3.77. The Morgan fingerprint density at radius 2 is 1.83 bits per heavy atom. The van der Waals surface area contributed by atoms with E-state index in [4.69, 9.17) is 0 Å². The quantitative estimate of drug-likeness (QED) is 0.795. The van der Waals surface area contributed by atoms with Gasteiger partial charge in [-0.05, 0) is 60.7 Å². The van der Waals surface area contributed by atoms with E-state index in [-0.39, 0.29) is 34.7 Å². The molecule has 2 unspecified atom stereocenters. The molecule has 0 aromatic rings. The second-order valence-electron chi connectivity index (χ2n) is 9.74. The molecule has 8 atom stereocenters. The van der Waals surface area contributed by atoms with Crippen molar-refractivity contribution >= 4 is 11.6 Å². The van der Waals surface area contributed by atoms with E-state index in [9.17, 15) is 14.7 Å². The topological polar surface area (TPSA) is 54.4 Å². The van der Waals surface area contributed by atoms with Gasteiger partial charge in [-0.2, -0.15) is 0 Å². The summed E-state index contributed by atoms with van der Waals surface area (Å²) >= 11 is 0. The van der Waals surface area contributed by atoms with Gasteiger partial charge in [0.05, 0.1) is 6.10 Å². The molecule has 4 aliphatic carbocycles. The van der Waals surface area contributed by atoms with Crippen LogP contribution in [0.2, 0.25) is 0 Å². The highest BCUT2D eigenvalue weighted by Gasteiger charge is 2.65. The molecule has 0 aliphatic heterocycles. The third kappa shape index (κ3) is 2.06. The molecule has 0 bridgehead atoms. The van der Waals surface area contributed by atoms with Crippen LogP contribution in [-0.2, 0) is 9.59 Å². The Bertz CT molecular complexity index is 569. The molecule has 4 aliphatic rings. The second kappa shape index (κ2) is 5.40. The average molecular weight is 332 g/mol. The zero-order valence-corrected chi connectivity index (χ0v) is 15.4. The molecule has 0 radical (unpaired) electrons. The zero-order valence-electron chi connectivity index (χ0n) is 15.4. The average Bonchev–Trinajstić information content (AvgIpc) is 2.84. The normalized spacial score (nSPS) is 54.2. The molecule has 4 saturated carbocycles. The fourth-order valence-electron chi connectivity index (χ4n) is 7.49. The molecule has 3 heteroatoms. The van der Waals surface area contributed by atoms with E-state index >= 15 is 0 Å². The maximum absolute atomic E-state index is 13.3. The molecule has 1 N–H and O–H groups in total. The minimum atomic E-state index is -0.285. The van der Waals surface area contributed by atoms with E-state index < -0.39 is 0 Å². The maximum Gasteiger partial charge on any atom is 0.137 e. The fourth-order valence-corrected chi connectivity index (χ4v) is 7.49. The van der Waals surface area contributed by atoms with E-state index in [1.165, 1.54) is 6.42 Å². The van der Waals surface area contributed by atoms with Crippen LogP contribution in [0.15, 0.2) is 0 Å². The lowest BCUT2D eigenvalue weighted by Crippen LogP contribution is -2.60. The first-order chi connectivity index (χ1) is 11.3. The SMILES string of the molecule is CC[C@H]1CC[C@H]2[C@@H]3C(=O)CC4CC(O)CC[C@]4(C)[C@H]3C(=O)C[C@]12C. The summed E-state index contributed by atoms with van der Waals surface area (Å²) in [6.07, 6.45) is 6.81. The standard InChI is InChI=1S/C21H32O3/c1-4-12-5-6-15-18-16(23)10-13-9-14(22)7-8-20(13,2)19(18)17(24)11-21(12,15)3/h12-15,18-19,22H,4-11H2,1-3H3/t12-,13?,14?,15-,18+,19-,20-,21+/m0/s1. The van der Waals surface area contributed by atoms with Crippen LogP contribution in [0.4, 0.5) is 0 Å². The number of carbonyl (C=O) groups excluding carboxylic acids is 2. The van der Waals surface area contributed by atoms with Gasteiger partial charge in [0.15, 0.2) is 0 Å². The van der Waals surface area contributed by atoms with E-state index in [0.29, 0.717) is 42.7 Å². The van der Waals surface area contributed by atoms with Gasteiger partial charge >= 0.3 is 0 Å². The van der Waals surface area contributed by atoms with E-state index in [1.807, 2.05) is 0 Å². The van der Waals surface area contributed by atoms with Gasteiger partial charge in [-0.25, -0.2) is 0 Å². The van der Waals surface area contributed by atoms with Crippen molar-refractivity contribution in [2.24, 2.45) is 40.4 Å². The number of aliphatic hydroxyl groups is 1. The van der Waals surface area contributed by atoms with Crippen molar-refractivity contribution in [3.8, 4) is 0 Å². The van der Waals surface area contributed by atoms with Crippen LogP contribution < -0.4 is 0 Å². The van der Waals surface area contributed by atoms with Crippen LogP contribution in [0, 0.1) is 40.4 Å². The number of Topliss-reactive ketones (excluding diaryl/α,β-unsaturated/α-hetero) is 2. The van der Waals surface area contributed by atoms with Crippen molar-refractivity contribution < 1.29 is 14.7 Å². The van der Waals surface area contributed by atoms with Crippen molar-refractivity contribution in [3.63, 3.8) is 0 Å². The van der Waals surface area contributed by atoms with Gasteiger partial charge in [0.2, 0.25) is 0 Å². The zero-order chi connectivity index (χ0) is 17.3.